The Morgan fingerprint density at radius 2 is 1.89 bits per heavy atom. The van der Waals surface area contributed by atoms with E-state index in [1.54, 1.807) is 0 Å². The molecule has 1 atom stereocenters. The summed E-state index contributed by atoms with van der Waals surface area (Å²) < 4.78 is 5.33. The molecule has 0 saturated carbocycles. The van der Waals surface area contributed by atoms with E-state index in [2.05, 4.69) is 13.0 Å². The largest absolute Gasteiger partial charge is 0.425 e. The summed E-state index contributed by atoms with van der Waals surface area (Å²) in [5.41, 5.74) is 3.22. The van der Waals surface area contributed by atoms with Crippen LogP contribution in [0.1, 0.15) is 29.5 Å². The normalized spacial score (nSPS) is 17.4. The summed E-state index contributed by atoms with van der Waals surface area (Å²) in [7, 11) is 0. The SMILES string of the molecule is CCc1ccc2c(c1)C(c1ccccc1)C(=O)O2. The molecule has 0 aromatic heterocycles. The standard InChI is InChI=1S/C16H14O2/c1-2-11-8-9-14-13(10-11)15(16(17)18-14)12-6-4-3-5-7-12/h3-10,15H,2H2,1H3. The van der Waals surface area contributed by atoms with Gasteiger partial charge in [-0.1, -0.05) is 49.4 Å². The highest BCUT2D eigenvalue weighted by Crippen LogP contribution is 2.39. The zero-order valence-electron chi connectivity index (χ0n) is 10.2. The van der Waals surface area contributed by atoms with Gasteiger partial charge in [0.25, 0.3) is 0 Å². The minimum Gasteiger partial charge on any atom is -0.425 e. The lowest BCUT2D eigenvalue weighted by Gasteiger charge is -2.08. The van der Waals surface area contributed by atoms with Crippen molar-refractivity contribution in [1.82, 2.24) is 0 Å². The van der Waals surface area contributed by atoms with E-state index in [4.69, 9.17) is 4.74 Å². The number of benzene rings is 2. The van der Waals surface area contributed by atoms with Crippen LogP contribution < -0.4 is 4.74 Å². The lowest BCUT2D eigenvalue weighted by atomic mass is 9.91. The van der Waals surface area contributed by atoms with Gasteiger partial charge in [-0.15, -0.1) is 0 Å². The predicted octanol–water partition coefficient (Wildman–Crippen LogP) is 3.30. The van der Waals surface area contributed by atoms with Crippen LogP contribution in [0.4, 0.5) is 0 Å². The lowest BCUT2D eigenvalue weighted by molar-refractivity contribution is -0.133. The highest BCUT2D eigenvalue weighted by atomic mass is 16.5. The molecule has 0 aliphatic carbocycles. The van der Waals surface area contributed by atoms with Gasteiger partial charge in [0.15, 0.2) is 0 Å². The number of hydrogen-bond acceptors (Lipinski definition) is 2. The van der Waals surface area contributed by atoms with Crippen molar-refractivity contribution >= 4 is 5.97 Å². The minimum absolute atomic E-state index is 0.176. The van der Waals surface area contributed by atoms with Crippen LogP contribution in [0.3, 0.4) is 0 Å². The van der Waals surface area contributed by atoms with Gasteiger partial charge >= 0.3 is 5.97 Å². The first-order valence-corrected chi connectivity index (χ1v) is 6.19. The molecular formula is C16H14O2. The Morgan fingerprint density at radius 1 is 1.11 bits per heavy atom. The van der Waals surface area contributed by atoms with Crippen molar-refractivity contribution in [2.75, 3.05) is 0 Å². The number of carbonyl (C=O) groups is 1. The van der Waals surface area contributed by atoms with Crippen LogP contribution in [0.2, 0.25) is 0 Å². The summed E-state index contributed by atoms with van der Waals surface area (Å²) in [4.78, 5) is 12.0. The summed E-state index contributed by atoms with van der Waals surface area (Å²) in [6, 6.07) is 15.8. The average molecular weight is 238 g/mol. The number of aryl methyl sites for hydroxylation is 1. The van der Waals surface area contributed by atoms with Gasteiger partial charge in [0.05, 0.1) is 0 Å². The van der Waals surface area contributed by atoms with Gasteiger partial charge < -0.3 is 4.74 Å². The molecule has 0 N–H and O–H groups in total. The molecule has 2 aromatic rings. The molecule has 1 aliphatic rings. The number of carbonyl (C=O) groups excluding carboxylic acids is 1. The second-order valence-electron chi connectivity index (χ2n) is 4.49. The Bertz CT molecular complexity index is 587. The lowest BCUT2D eigenvalue weighted by Crippen LogP contribution is -2.11. The van der Waals surface area contributed by atoms with Crippen LogP contribution in [-0.4, -0.2) is 5.97 Å². The highest BCUT2D eigenvalue weighted by molar-refractivity contribution is 5.89. The summed E-state index contributed by atoms with van der Waals surface area (Å²) >= 11 is 0. The monoisotopic (exact) mass is 238 g/mol. The Kier molecular flexibility index (Phi) is 2.63. The molecule has 0 amide bonds. The van der Waals surface area contributed by atoms with Gasteiger partial charge in [0.1, 0.15) is 11.7 Å². The fraction of sp³-hybridized carbons (Fsp3) is 0.188. The van der Waals surface area contributed by atoms with E-state index in [-0.39, 0.29) is 11.9 Å². The quantitative estimate of drug-likeness (QED) is 0.592. The molecule has 0 spiro atoms. The molecule has 18 heavy (non-hydrogen) atoms. The maximum Gasteiger partial charge on any atom is 0.323 e. The van der Waals surface area contributed by atoms with Crippen molar-refractivity contribution in [3.05, 3.63) is 65.2 Å². The minimum atomic E-state index is -0.271. The molecule has 1 heterocycles. The van der Waals surface area contributed by atoms with Gasteiger partial charge in [0, 0.05) is 5.56 Å². The number of esters is 1. The van der Waals surface area contributed by atoms with Crippen LogP contribution in [0.25, 0.3) is 0 Å². The van der Waals surface area contributed by atoms with Crippen LogP contribution in [0.5, 0.6) is 5.75 Å². The molecule has 0 bridgehead atoms. The first kappa shape index (κ1) is 11.0. The summed E-state index contributed by atoms with van der Waals surface area (Å²) in [6.07, 6.45) is 0.961. The topological polar surface area (TPSA) is 26.3 Å². The third-order valence-electron chi connectivity index (χ3n) is 3.37. The molecule has 3 rings (SSSR count). The van der Waals surface area contributed by atoms with E-state index < -0.39 is 0 Å². The third kappa shape index (κ3) is 1.70. The molecule has 0 fully saturated rings. The van der Waals surface area contributed by atoms with Gasteiger partial charge in [-0.25, -0.2) is 0 Å². The van der Waals surface area contributed by atoms with Gasteiger partial charge in [0.2, 0.25) is 0 Å². The second kappa shape index (κ2) is 4.30. The summed E-state index contributed by atoms with van der Waals surface area (Å²) in [6.45, 7) is 2.11. The second-order valence-corrected chi connectivity index (χ2v) is 4.49. The van der Waals surface area contributed by atoms with Crippen molar-refractivity contribution < 1.29 is 9.53 Å². The number of hydrogen-bond donors (Lipinski definition) is 0. The molecule has 2 aromatic carbocycles. The third-order valence-corrected chi connectivity index (χ3v) is 3.37. The molecule has 2 heteroatoms. The van der Waals surface area contributed by atoms with Crippen LogP contribution >= 0.6 is 0 Å². The Labute approximate surface area is 106 Å². The fourth-order valence-corrected chi connectivity index (χ4v) is 2.39. The Balaban J connectivity index is 2.11. The summed E-state index contributed by atoms with van der Waals surface area (Å²) in [5.74, 6) is 0.253. The molecule has 2 nitrogen and oxygen atoms in total. The molecule has 1 unspecified atom stereocenters. The predicted molar refractivity (Wildman–Crippen MR) is 69.7 cm³/mol. The zero-order valence-corrected chi connectivity index (χ0v) is 10.2. The average Bonchev–Trinajstić information content (AvgIpc) is 2.74. The Morgan fingerprint density at radius 3 is 2.61 bits per heavy atom. The molecule has 0 radical (unpaired) electrons. The van der Waals surface area contributed by atoms with E-state index in [0.29, 0.717) is 5.75 Å². The van der Waals surface area contributed by atoms with Crippen LogP contribution in [0, 0.1) is 0 Å². The van der Waals surface area contributed by atoms with Gasteiger partial charge in [-0.3, -0.25) is 4.79 Å². The first-order chi connectivity index (χ1) is 8.79. The van der Waals surface area contributed by atoms with Crippen molar-refractivity contribution in [3.8, 4) is 5.75 Å². The molecule has 0 saturated heterocycles. The molecule has 1 aliphatic heterocycles. The van der Waals surface area contributed by atoms with E-state index in [1.807, 2.05) is 42.5 Å². The van der Waals surface area contributed by atoms with Crippen molar-refractivity contribution in [1.29, 1.82) is 0 Å². The highest BCUT2D eigenvalue weighted by Gasteiger charge is 2.34. The number of fused-ring (bicyclic) bond motifs is 1. The van der Waals surface area contributed by atoms with E-state index in [9.17, 15) is 4.79 Å². The molecule has 90 valence electrons. The van der Waals surface area contributed by atoms with Gasteiger partial charge in [-0.05, 0) is 23.6 Å². The molecular weight excluding hydrogens is 224 g/mol. The van der Waals surface area contributed by atoms with Crippen molar-refractivity contribution in [2.45, 2.75) is 19.3 Å². The van der Waals surface area contributed by atoms with Crippen LogP contribution in [-0.2, 0) is 11.2 Å². The first-order valence-electron chi connectivity index (χ1n) is 6.19. The van der Waals surface area contributed by atoms with Crippen LogP contribution in [0.15, 0.2) is 48.5 Å². The summed E-state index contributed by atoms with van der Waals surface area (Å²) in [5, 5.41) is 0. The number of ether oxygens (including phenoxy) is 1. The van der Waals surface area contributed by atoms with E-state index >= 15 is 0 Å². The smallest absolute Gasteiger partial charge is 0.323 e. The maximum atomic E-state index is 12.0. The van der Waals surface area contributed by atoms with Crippen molar-refractivity contribution in [2.24, 2.45) is 0 Å². The van der Waals surface area contributed by atoms with E-state index in [0.717, 1.165) is 17.5 Å². The van der Waals surface area contributed by atoms with E-state index in [1.165, 1.54) is 5.56 Å². The van der Waals surface area contributed by atoms with Gasteiger partial charge in [-0.2, -0.15) is 0 Å². The Hall–Kier alpha value is -2.09. The zero-order chi connectivity index (χ0) is 12.5. The maximum absolute atomic E-state index is 12.0. The fourth-order valence-electron chi connectivity index (χ4n) is 2.39. The van der Waals surface area contributed by atoms with Crippen molar-refractivity contribution in [3.63, 3.8) is 0 Å². The number of rotatable bonds is 2.